The smallest absolute Gasteiger partial charge is 0.0666 e. The third kappa shape index (κ3) is 3.07. The predicted molar refractivity (Wildman–Crippen MR) is 67.7 cm³/mol. The molecule has 4 heteroatoms. The first-order valence-electron chi connectivity index (χ1n) is 6.57. The van der Waals surface area contributed by atoms with Gasteiger partial charge in [0.2, 0.25) is 0 Å². The molecule has 0 radical (unpaired) electrons. The van der Waals surface area contributed by atoms with Gasteiger partial charge in [0.1, 0.15) is 0 Å². The first kappa shape index (κ1) is 12.6. The first-order valence-corrected chi connectivity index (χ1v) is 6.57. The van der Waals surface area contributed by atoms with Gasteiger partial charge in [-0.25, -0.2) is 0 Å². The zero-order valence-corrected chi connectivity index (χ0v) is 10.9. The second-order valence-corrected chi connectivity index (χ2v) is 5.03. The standard InChI is InChI=1S/C13H23N3O/c1-3-13-12(8-15(2)14-13)9-16-6-4-11(10-17)5-7-16/h8,11,17H,3-7,9-10H2,1-2H3. The average Bonchev–Trinajstić information content (AvgIpc) is 2.70. The maximum Gasteiger partial charge on any atom is 0.0666 e. The van der Waals surface area contributed by atoms with Crippen LogP contribution < -0.4 is 0 Å². The summed E-state index contributed by atoms with van der Waals surface area (Å²) in [5, 5.41) is 13.6. The molecule has 4 nitrogen and oxygen atoms in total. The molecule has 0 spiro atoms. The van der Waals surface area contributed by atoms with Gasteiger partial charge >= 0.3 is 0 Å². The second-order valence-electron chi connectivity index (χ2n) is 5.03. The van der Waals surface area contributed by atoms with Crippen molar-refractivity contribution in [3.05, 3.63) is 17.5 Å². The second kappa shape index (κ2) is 5.65. The van der Waals surface area contributed by atoms with Crippen LogP contribution in [0.1, 0.15) is 31.0 Å². The Morgan fingerprint density at radius 2 is 2.12 bits per heavy atom. The van der Waals surface area contributed by atoms with E-state index < -0.39 is 0 Å². The van der Waals surface area contributed by atoms with Gasteiger partial charge in [0.15, 0.2) is 0 Å². The van der Waals surface area contributed by atoms with Gasteiger partial charge in [-0.05, 0) is 38.3 Å². The largest absolute Gasteiger partial charge is 0.396 e. The maximum atomic E-state index is 9.12. The Morgan fingerprint density at radius 1 is 1.41 bits per heavy atom. The molecule has 2 rings (SSSR count). The van der Waals surface area contributed by atoms with Gasteiger partial charge in [0.05, 0.1) is 5.69 Å². The monoisotopic (exact) mass is 237 g/mol. The SMILES string of the molecule is CCc1nn(C)cc1CN1CCC(CO)CC1. The van der Waals surface area contributed by atoms with E-state index >= 15 is 0 Å². The molecule has 0 bridgehead atoms. The Balaban J connectivity index is 1.92. The van der Waals surface area contributed by atoms with Gasteiger partial charge in [-0.15, -0.1) is 0 Å². The molecule has 0 saturated carbocycles. The molecule has 96 valence electrons. The number of likely N-dealkylation sites (tertiary alicyclic amines) is 1. The van der Waals surface area contributed by atoms with Crippen LogP contribution >= 0.6 is 0 Å². The molecule has 0 amide bonds. The summed E-state index contributed by atoms with van der Waals surface area (Å²) in [5.41, 5.74) is 2.58. The lowest BCUT2D eigenvalue weighted by atomic mass is 9.97. The van der Waals surface area contributed by atoms with E-state index in [9.17, 15) is 0 Å². The molecule has 2 heterocycles. The van der Waals surface area contributed by atoms with Crippen molar-refractivity contribution in [3.63, 3.8) is 0 Å². The van der Waals surface area contributed by atoms with Crippen LogP contribution in [0.5, 0.6) is 0 Å². The lowest BCUT2D eigenvalue weighted by molar-refractivity contribution is 0.127. The van der Waals surface area contributed by atoms with E-state index in [2.05, 4.69) is 23.1 Å². The highest BCUT2D eigenvalue weighted by Gasteiger charge is 2.19. The van der Waals surface area contributed by atoms with Crippen LogP contribution in [0.3, 0.4) is 0 Å². The number of aryl methyl sites for hydroxylation is 2. The summed E-state index contributed by atoms with van der Waals surface area (Å²) >= 11 is 0. The molecule has 1 aromatic rings. The minimum Gasteiger partial charge on any atom is -0.396 e. The van der Waals surface area contributed by atoms with Crippen molar-refractivity contribution in [1.29, 1.82) is 0 Å². The van der Waals surface area contributed by atoms with E-state index in [0.29, 0.717) is 12.5 Å². The molecule has 0 unspecified atom stereocenters. The highest BCUT2D eigenvalue weighted by atomic mass is 16.3. The summed E-state index contributed by atoms with van der Waals surface area (Å²) in [5.74, 6) is 0.519. The van der Waals surface area contributed by atoms with Crippen molar-refractivity contribution >= 4 is 0 Å². The van der Waals surface area contributed by atoms with E-state index in [-0.39, 0.29) is 0 Å². The molecule has 0 aliphatic carbocycles. The molecular weight excluding hydrogens is 214 g/mol. The van der Waals surface area contributed by atoms with Gasteiger partial charge in [0.25, 0.3) is 0 Å². The third-order valence-corrected chi connectivity index (χ3v) is 3.69. The molecule has 1 fully saturated rings. The molecule has 1 saturated heterocycles. The van der Waals surface area contributed by atoms with E-state index in [1.165, 1.54) is 11.3 Å². The highest BCUT2D eigenvalue weighted by Crippen LogP contribution is 2.19. The van der Waals surface area contributed by atoms with E-state index in [4.69, 9.17) is 5.11 Å². The summed E-state index contributed by atoms with van der Waals surface area (Å²) in [6, 6.07) is 0. The molecular formula is C13H23N3O. The molecule has 17 heavy (non-hydrogen) atoms. The van der Waals surface area contributed by atoms with Gasteiger partial charge in [-0.2, -0.15) is 5.10 Å². The number of aromatic nitrogens is 2. The van der Waals surface area contributed by atoms with Gasteiger partial charge < -0.3 is 5.11 Å². The Labute approximate surface area is 103 Å². The quantitative estimate of drug-likeness (QED) is 0.855. The lowest BCUT2D eigenvalue weighted by Gasteiger charge is -2.30. The lowest BCUT2D eigenvalue weighted by Crippen LogP contribution is -2.34. The fourth-order valence-corrected chi connectivity index (χ4v) is 2.58. The van der Waals surface area contributed by atoms with Crippen LogP contribution in [0, 0.1) is 5.92 Å². The Morgan fingerprint density at radius 3 is 2.71 bits per heavy atom. The fraction of sp³-hybridized carbons (Fsp3) is 0.769. The molecule has 1 aromatic heterocycles. The Hall–Kier alpha value is -0.870. The summed E-state index contributed by atoms with van der Waals surface area (Å²) in [6.45, 7) is 5.71. The van der Waals surface area contributed by atoms with Crippen molar-refractivity contribution in [1.82, 2.24) is 14.7 Å². The number of piperidine rings is 1. The predicted octanol–water partition coefficient (Wildman–Crippen LogP) is 1.19. The minimum absolute atomic E-state index is 0.348. The zero-order valence-electron chi connectivity index (χ0n) is 10.9. The molecule has 1 aliphatic rings. The summed E-state index contributed by atoms with van der Waals surface area (Å²) in [4.78, 5) is 2.47. The van der Waals surface area contributed by atoms with Gasteiger partial charge in [0, 0.05) is 32.0 Å². The summed E-state index contributed by atoms with van der Waals surface area (Å²) in [7, 11) is 1.99. The Bertz CT molecular complexity index is 354. The van der Waals surface area contributed by atoms with Crippen LogP contribution in [0.2, 0.25) is 0 Å². The molecule has 1 N–H and O–H groups in total. The Kier molecular flexibility index (Phi) is 4.18. The van der Waals surface area contributed by atoms with Crippen molar-refractivity contribution in [2.24, 2.45) is 13.0 Å². The van der Waals surface area contributed by atoms with Crippen molar-refractivity contribution in [2.75, 3.05) is 19.7 Å². The van der Waals surface area contributed by atoms with E-state index in [0.717, 1.165) is 38.9 Å². The zero-order chi connectivity index (χ0) is 12.3. The summed E-state index contributed by atoms with van der Waals surface area (Å²) in [6.07, 6.45) is 5.39. The van der Waals surface area contributed by atoms with Crippen molar-refractivity contribution in [3.8, 4) is 0 Å². The topological polar surface area (TPSA) is 41.3 Å². The number of nitrogens with zero attached hydrogens (tertiary/aromatic N) is 3. The number of rotatable bonds is 4. The minimum atomic E-state index is 0.348. The van der Waals surface area contributed by atoms with Gasteiger partial charge in [-0.3, -0.25) is 9.58 Å². The van der Waals surface area contributed by atoms with Crippen LogP contribution in [0.15, 0.2) is 6.20 Å². The van der Waals surface area contributed by atoms with Crippen LogP contribution in [-0.4, -0.2) is 39.5 Å². The molecule has 0 aromatic carbocycles. The number of aliphatic hydroxyl groups excluding tert-OH is 1. The van der Waals surface area contributed by atoms with E-state index in [1.54, 1.807) is 0 Å². The van der Waals surface area contributed by atoms with Crippen molar-refractivity contribution < 1.29 is 5.11 Å². The van der Waals surface area contributed by atoms with Crippen LogP contribution in [0.25, 0.3) is 0 Å². The van der Waals surface area contributed by atoms with E-state index in [1.807, 2.05) is 11.7 Å². The van der Waals surface area contributed by atoms with Crippen LogP contribution in [0.4, 0.5) is 0 Å². The molecule has 1 aliphatic heterocycles. The maximum absolute atomic E-state index is 9.12. The number of aliphatic hydroxyl groups is 1. The highest BCUT2D eigenvalue weighted by molar-refractivity contribution is 5.16. The van der Waals surface area contributed by atoms with Crippen LogP contribution in [-0.2, 0) is 20.0 Å². The molecule has 0 atom stereocenters. The third-order valence-electron chi connectivity index (χ3n) is 3.69. The van der Waals surface area contributed by atoms with Crippen molar-refractivity contribution in [2.45, 2.75) is 32.7 Å². The first-order chi connectivity index (χ1) is 8.22. The van der Waals surface area contributed by atoms with Gasteiger partial charge in [-0.1, -0.05) is 6.92 Å². The average molecular weight is 237 g/mol. The number of hydrogen-bond acceptors (Lipinski definition) is 3. The normalized spacial score (nSPS) is 18.8. The fourth-order valence-electron chi connectivity index (χ4n) is 2.58. The summed E-state index contributed by atoms with van der Waals surface area (Å²) < 4.78 is 1.91. The number of hydrogen-bond donors (Lipinski definition) is 1.